The molecule has 0 bridgehead atoms. The van der Waals surface area contributed by atoms with Crippen molar-refractivity contribution < 1.29 is 49.5 Å². The molecule has 1 aliphatic carbocycles. The van der Waals surface area contributed by atoms with Crippen LogP contribution in [-0.4, -0.2) is 68.9 Å². The predicted molar refractivity (Wildman–Crippen MR) is 136 cm³/mol. The number of hydroxylamine groups is 1. The van der Waals surface area contributed by atoms with E-state index in [1.165, 1.54) is 18.2 Å². The van der Waals surface area contributed by atoms with Crippen LogP contribution in [0.2, 0.25) is 0 Å². The topological polar surface area (TPSA) is 93.2 Å². The van der Waals surface area contributed by atoms with Gasteiger partial charge in [0.15, 0.2) is 0 Å². The molecule has 2 aromatic carbocycles. The van der Waals surface area contributed by atoms with Gasteiger partial charge in [-0.25, -0.2) is 22.0 Å². The fourth-order valence-electron chi connectivity index (χ4n) is 5.21. The third kappa shape index (κ3) is 6.87. The number of benzene rings is 2. The molecule has 1 saturated heterocycles. The van der Waals surface area contributed by atoms with Gasteiger partial charge >= 0.3 is 18.1 Å². The number of carbonyl (C=O) groups excluding carboxylic acids is 2. The Labute approximate surface area is 234 Å². The van der Waals surface area contributed by atoms with E-state index in [-0.39, 0.29) is 22.7 Å². The summed E-state index contributed by atoms with van der Waals surface area (Å²) < 4.78 is 96.1. The van der Waals surface area contributed by atoms with E-state index in [4.69, 9.17) is 4.74 Å². The highest BCUT2D eigenvalue weighted by molar-refractivity contribution is 7.88. The zero-order valence-corrected chi connectivity index (χ0v) is 23.2. The van der Waals surface area contributed by atoms with Crippen molar-refractivity contribution in [2.24, 2.45) is 0 Å². The van der Waals surface area contributed by atoms with Gasteiger partial charge in [0, 0.05) is 19.1 Å². The molecule has 1 amide bonds. The lowest BCUT2D eigenvalue weighted by Crippen LogP contribution is -2.45. The van der Waals surface area contributed by atoms with Gasteiger partial charge in [0.05, 0.1) is 18.4 Å². The molecular weight excluding hydrogens is 575 g/mol. The largest absolute Gasteiger partial charge is 0.493 e. The van der Waals surface area contributed by atoms with E-state index in [0.29, 0.717) is 63.7 Å². The zero-order valence-electron chi connectivity index (χ0n) is 22.3. The van der Waals surface area contributed by atoms with Gasteiger partial charge in [-0.1, -0.05) is 22.7 Å². The number of alkyl halides is 3. The number of piperidine rings is 1. The van der Waals surface area contributed by atoms with Crippen molar-refractivity contribution in [3.63, 3.8) is 0 Å². The first-order valence-corrected chi connectivity index (χ1v) is 14.6. The quantitative estimate of drug-likeness (QED) is 0.325. The number of likely N-dealkylation sites (tertiary alicyclic amines) is 1. The van der Waals surface area contributed by atoms with Crippen LogP contribution in [0.25, 0.3) is 0 Å². The summed E-state index contributed by atoms with van der Waals surface area (Å²) in [5, 5.41) is 0. The number of hydrogen-bond donors (Lipinski definition) is 0. The number of sulfonamides is 1. The molecule has 0 unspecified atom stereocenters. The molecule has 41 heavy (non-hydrogen) atoms. The smallest absolute Gasteiger partial charge is 0.384 e. The Morgan fingerprint density at radius 1 is 1.05 bits per heavy atom. The minimum absolute atomic E-state index is 0.179. The maximum Gasteiger partial charge on any atom is 0.493 e. The average molecular weight is 605 g/mol. The first kappa shape index (κ1) is 30.8. The van der Waals surface area contributed by atoms with Crippen LogP contribution in [0.4, 0.5) is 22.0 Å². The Balaban J connectivity index is 1.56. The maximum absolute atomic E-state index is 15.8. The molecule has 1 aliphatic heterocycles. The van der Waals surface area contributed by atoms with Crippen molar-refractivity contribution in [1.82, 2.24) is 9.37 Å². The second kappa shape index (κ2) is 11.6. The fraction of sp³-hybridized carbons (Fsp3) is 0.481. The van der Waals surface area contributed by atoms with Crippen LogP contribution in [0.1, 0.15) is 58.6 Å². The van der Waals surface area contributed by atoms with Crippen molar-refractivity contribution in [3.05, 3.63) is 70.3 Å². The number of ether oxygens (including phenoxy) is 1. The summed E-state index contributed by atoms with van der Waals surface area (Å²) in [5.41, 5.74) is 0.530. The van der Waals surface area contributed by atoms with Crippen LogP contribution < -0.4 is 0 Å². The van der Waals surface area contributed by atoms with Crippen LogP contribution in [0.15, 0.2) is 36.4 Å². The van der Waals surface area contributed by atoms with Crippen LogP contribution in [0.3, 0.4) is 0 Å². The van der Waals surface area contributed by atoms with E-state index in [1.54, 1.807) is 19.2 Å². The Kier molecular flexibility index (Phi) is 8.76. The second-order valence-corrected chi connectivity index (χ2v) is 12.2. The summed E-state index contributed by atoms with van der Waals surface area (Å²) >= 11 is 0. The first-order chi connectivity index (χ1) is 19.2. The Hall–Kier alpha value is -3.10. The molecule has 4 rings (SSSR count). The molecule has 8 nitrogen and oxygen atoms in total. The van der Waals surface area contributed by atoms with E-state index in [2.05, 4.69) is 9.74 Å². The number of rotatable bonds is 8. The van der Waals surface area contributed by atoms with E-state index in [1.807, 2.05) is 0 Å². The summed E-state index contributed by atoms with van der Waals surface area (Å²) in [6, 6.07) is 8.71. The lowest BCUT2D eigenvalue weighted by atomic mass is 9.73. The molecular formula is C27H29F5N2O6S. The monoisotopic (exact) mass is 604 g/mol. The molecule has 0 atom stereocenters. The minimum atomic E-state index is -5.59. The highest BCUT2D eigenvalue weighted by atomic mass is 32.2. The molecule has 0 radical (unpaired) electrons. The SMILES string of the molecule is COCC1(c2ccc(F)cc2)CCN(Cc2ccc(C(=O)N(OC(=O)C(F)(F)F)S(C)(=O)=O)c(F)c2C2CC2)CC1. The van der Waals surface area contributed by atoms with E-state index < -0.39 is 43.9 Å². The molecule has 2 aliphatic rings. The maximum atomic E-state index is 15.8. The predicted octanol–water partition coefficient (Wildman–Crippen LogP) is 4.44. The third-order valence-corrected chi connectivity index (χ3v) is 8.28. The van der Waals surface area contributed by atoms with Gasteiger partial charge in [0.25, 0.3) is 10.0 Å². The van der Waals surface area contributed by atoms with Crippen LogP contribution in [0, 0.1) is 11.6 Å². The van der Waals surface area contributed by atoms with Crippen molar-refractivity contribution in [1.29, 1.82) is 0 Å². The molecule has 224 valence electrons. The van der Waals surface area contributed by atoms with Gasteiger partial charge < -0.3 is 9.57 Å². The number of methoxy groups -OCH3 is 1. The Morgan fingerprint density at radius 3 is 2.17 bits per heavy atom. The Morgan fingerprint density at radius 2 is 1.66 bits per heavy atom. The molecule has 0 N–H and O–H groups in total. The Bertz CT molecular complexity index is 1400. The molecule has 1 heterocycles. The highest BCUT2D eigenvalue weighted by Gasteiger charge is 2.46. The fourth-order valence-corrected chi connectivity index (χ4v) is 5.81. The van der Waals surface area contributed by atoms with Crippen molar-refractivity contribution >= 4 is 21.9 Å². The van der Waals surface area contributed by atoms with E-state index in [0.717, 1.165) is 11.6 Å². The van der Waals surface area contributed by atoms with Gasteiger partial charge in [0.1, 0.15) is 11.6 Å². The number of hydrogen-bond acceptors (Lipinski definition) is 7. The van der Waals surface area contributed by atoms with Gasteiger partial charge in [0.2, 0.25) is 0 Å². The molecule has 1 saturated carbocycles. The van der Waals surface area contributed by atoms with E-state index >= 15 is 4.39 Å². The normalized spacial score (nSPS) is 17.7. The summed E-state index contributed by atoms with van der Waals surface area (Å²) in [7, 11) is -3.24. The first-order valence-electron chi connectivity index (χ1n) is 12.8. The lowest BCUT2D eigenvalue weighted by Gasteiger charge is -2.42. The lowest BCUT2D eigenvalue weighted by molar-refractivity contribution is -0.216. The highest BCUT2D eigenvalue weighted by Crippen LogP contribution is 2.45. The van der Waals surface area contributed by atoms with Crippen LogP contribution in [-0.2, 0) is 36.4 Å². The summed E-state index contributed by atoms with van der Waals surface area (Å²) in [4.78, 5) is 30.1. The van der Waals surface area contributed by atoms with Gasteiger partial charge in [-0.2, -0.15) is 13.2 Å². The third-order valence-electron chi connectivity index (χ3n) is 7.43. The van der Waals surface area contributed by atoms with Gasteiger partial charge in [-0.3, -0.25) is 9.69 Å². The van der Waals surface area contributed by atoms with E-state index in [9.17, 15) is 35.6 Å². The second-order valence-electron chi connectivity index (χ2n) is 10.4. The molecule has 2 fully saturated rings. The average Bonchev–Trinajstić information content (AvgIpc) is 3.72. The van der Waals surface area contributed by atoms with Crippen molar-refractivity contribution in [2.45, 2.75) is 49.7 Å². The number of nitrogens with zero attached hydrogens (tertiary/aromatic N) is 2. The standard InChI is InChI=1S/C27H29F5N2O6S/c1-39-16-26(19-6-8-20(28)9-7-19)11-13-33(14-12-26)15-18-5-10-21(23(29)22(18)17-3-4-17)24(35)34(41(2,37)38)40-25(36)27(30,31)32/h5-10,17H,3-4,11-16H2,1-2H3. The number of carbonyl (C=O) groups is 2. The molecule has 2 aromatic rings. The molecule has 0 spiro atoms. The molecule has 14 heteroatoms. The van der Waals surface area contributed by atoms with Crippen LogP contribution in [0.5, 0.6) is 0 Å². The van der Waals surface area contributed by atoms with Crippen molar-refractivity contribution in [3.8, 4) is 0 Å². The van der Waals surface area contributed by atoms with Crippen LogP contribution >= 0.6 is 0 Å². The van der Waals surface area contributed by atoms with Gasteiger partial charge in [-0.05, 0) is 79.6 Å². The molecule has 0 aromatic heterocycles. The summed E-state index contributed by atoms with van der Waals surface area (Å²) in [6.45, 7) is 1.94. The zero-order chi connectivity index (χ0) is 30.2. The van der Waals surface area contributed by atoms with Crippen molar-refractivity contribution in [2.75, 3.05) is 33.1 Å². The number of halogens is 5. The van der Waals surface area contributed by atoms with Gasteiger partial charge in [-0.15, -0.1) is 0 Å². The summed E-state index contributed by atoms with van der Waals surface area (Å²) in [6.07, 6.45) is -2.65. The number of amides is 1. The summed E-state index contributed by atoms with van der Waals surface area (Å²) in [5.74, 6) is -6.35. The minimum Gasteiger partial charge on any atom is -0.384 e.